The van der Waals surface area contributed by atoms with Gasteiger partial charge in [-0.15, -0.1) is 11.3 Å². The fourth-order valence-corrected chi connectivity index (χ4v) is 3.08. The molecule has 1 radical (unpaired) electrons. The maximum Gasteiger partial charge on any atom is 0.129 e. The summed E-state index contributed by atoms with van der Waals surface area (Å²) in [6.07, 6.45) is 2.97. The average Bonchev–Trinajstić information content (AvgIpc) is 2.85. The van der Waals surface area contributed by atoms with E-state index < -0.39 is 0 Å². The van der Waals surface area contributed by atoms with Crippen LogP contribution in [0.25, 0.3) is 21.5 Å². The number of hydrogen-bond acceptors (Lipinski definition) is 4. The molecule has 0 N–H and O–H groups in total. The molecule has 3 nitrogen and oxygen atoms in total. The van der Waals surface area contributed by atoms with Crippen molar-refractivity contribution in [1.82, 2.24) is 9.97 Å². The number of aromatic nitrogens is 2. The van der Waals surface area contributed by atoms with Gasteiger partial charge in [0.2, 0.25) is 0 Å². The zero-order chi connectivity index (χ0) is 13.4. The molecule has 0 spiro atoms. The van der Waals surface area contributed by atoms with Crippen LogP contribution in [0, 0.1) is 13.1 Å². The van der Waals surface area contributed by atoms with Crippen LogP contribution >= 0.6 is 22.9 Å². The van der Waals surface area contributed by atoms with E-state index in [2.05, 4.69) is 16.2 Å². The molecule has 0 fully saturated rings. The summed E-state index contributed by atoms with van der Waals surface area (Å²) < 4.78 is 5.35. The lowest BCUT2D eigenvalue weighted by Gasteiger charge is -2.08. The third-order valence-electron chi connectivity index (χ3n) is 2.78. The van der Waals surface area contributed by atoms with Crippen molar-refractivity contribution in [3.05, 3.63) is 40.5 Å². The summed E-state index contributed by atoms with van der Waals surface area (Å²) in [5.41, 5.74) is 2.45. The van der Waals surface area contributed by atoms with Crippen LogP contribution in [0.4, 0.5) is 0 Å². The fourth-order valence-electron chi connectivity index (χ4n) is 1.90. The maximum absolute atomic E-state index is 6.48. The molecule has 0 bridgehead atoms. The van der Waals surface area contributed by atoms with Crippen LogP contribution in [0.1, 0.15) is 5.69 Å². The number of ether oxygens (including phenoxy) is 1. The van der Waals surface area contributed by atoms with Gasteiger partial charge in [-0.05, 0) is 19.1 Å². The Morgan fingerprint density at radius 2 is 2.21 bits per heavy atom. The number of hydrogen-bond donors (Lipinski definition) is 0. The molecule has 95 valence electrons. The van der Waals surface area contributed by atoms with Crippen LogP contribution in [-0.2, 0) is 0 Å². The first-order valence-electron chi connectivity index (χ1n) is 5.67. The molecule has 5 heteroatoms. The molecule has 0 unspecified atom stereocenters. The standard InChI is InChI=1S/C14H10ClN2OS/c1-8-7-19-14(17-8)9-6-16-10-4-3-5-11(18-2)12(10)13(9)15/h3-5,7H,1-2H3. The van der Waals surface area contributed by atoms with Crippen molar-refractivity contribution >= 4 is 33.8 Å². The SMILES string of the molecule is COc1cccc2n[c]c(-c3nc(C)cs3)c(Cl)c12. The van der Waals surface area contributed by atoms with Crippen LogP contribution < -0.4 is 4.74 Å². The average molecular weight is 290 g/mol. The third kappa shape index (κ3) is 2.07. The molecule has 2 aromatic heterocycles. The minimum absolute atomic E-state index is 0.580. The smallest absolute Gasteiger partial charge is 0.129 e. The van der Waals surface area contributed by atoms with Crippen molar-refractivity contribution in [2.75, 3.05) is 7.11 Å². The van der Waals surface area contributed by atoms with Gasteiger partial charge in [0.1, 0.15) is 17.0 Å². The van der Waals surface area contributed by atoms with Crippen LogP contribution in [0.2, 0.25) is 5.02 Å². The molecule has 3 aromatic rings. The van der Waals surface area contributed by atoms with Gasteiger partial charge in [-0.1, -0.05) is 17.7 Å². The van der Waals surface area contributed by atoms with E-state index in [0.29, 0.717) is 10.8 Å². The topological polar surface area (TPSA) is 35.0 Å². The lowest BCUT2D eigenvalue weighted by Crippen LogP contribution is -1.90. The molecule has 0 atom stereocenters. The lowest BCUT2D eigenvalue weighted by molar-refractivity contribution is 0.420. The molecule has 0 saturated carbocycles. The molecule has 19 heavy (non-hydrogen) atoms. The number of pyridine rings is 1. The molecule has 2 heterocycles. The van der Waals surface area contributed by atoms with E-state index in [9.17, 15) is 0 Å². The highest BCUT2D eigenvalue weighted by Crippen LogP contribution is 2.38. The summed E-state index contributed by atoms with van der Waals surface area (Å²) in [6.45, 7) is 1.95. The number of methoxy groups -OCH3 is 1. The molecule has 0 amide bonds. The number of thiazole rings is 1. The summed E-state index contributed by atoms with van der Waals surface area (Å²) in [5, 5.41) is 4.18. The number of halogens is 1. The first kappa shape index (κ1) is 12.4. The van der Waals surface area contributed by atoms with Crippen LogP contribution in [0.15, 0.2) is 23.6 Å². The largest absolute Gasteiger partial charge is 0.496 e. The van der Waals surface area contributed by atoms with E-state index in [4.69, 9.17) is 16.3 Å². The van der Waals surface area contributed by atoms with Gasteiger partial charge in [-0.2, -0.15) is 0 Å². The van der Waals surface area contributed by atoms with Crippen molar-refractivity contribution in [3.8, 4) is 16.3 Å². The summed E-state index contributed by atoms with van der Waals surface area (Å²) in [5.74, 6) is 0.707. The second kappa shape index (κ2) is 4.79. The highest BCUT2D eigenvalue weighted by molar-refractivity contribution is 7.13. The minimum Gasteiger partial charge on any atom is -0.496 e. The second-order valence-corrected chi connectivity index (χ2v) is 5.30. The van der Waals surface area contributed by atoms with Crippen LogP contribution in [-0.4, -0.2) is 17.1 Å². The summed E-state index contributed by atoms with van der Waals surface area (Å²) in [6, 6.07) is 5.63. The van der Waals surface area contributed by atoms with E-state index in [1.54, 1.807) is 7.11 Å². The van der Waals surface area contributed by atoms with E-state index in [-0.39, 0.29) is 0 Å². The van der Waals surface area contributed by atoms with Gasteiger partial charge in [-0.25, -0.2) is 9.97 Å². The van der Waals surface area contributed by atoms with E-state index in [0.717, 1.165) is 27.2 Å². The Balaban J connectivity index is 2.31. The maximum atomic E-state index is 6.48. The quantitative estimate of drug-likeness (QED) is 0.711. The van der Waals surface area contributed by atoms with Gasteiger partial charge in [0.15, 0.2) is 0 Å². The van der Waals surface area contributed by atoms with E-state index >= 15 is 0 Å². The van der Waals surface area contributed by atoms with Crippen molar-refractivity contribution in [2.24, 2.45) is 0 Å². The highest BCUT2D eigenvalue weighted by Gasteiger charge is 2.15. The van der Waals surface area contributed by atoms with Gasteiger partial charge in [-0.3, -0.25) is 0 Å². The van der Waals surface area contributed by atoms with Crippen molar-refractivity contribution in [2.45, 2.75) is 6.92 Å². The zero-order valence-corrected chi connectivity index (χ0v) is 12.0. The highest BCUT2D eigenvalue weighted by atomic mass is 35.5. The van der Waals surface area contributed by atoms with Crippen molar-refractivity contribution < 1.29 is 4.74 Å². The molecule has 0 aliphatic carbocycles. The number of rotatable bonds is 2. The lowest BCUT2D eigenvalue weighted by atomic mass is 10.1. The van der Waals surface area contributed by atoms with Crippen LogP contribution in [0.3, 0.4) is 0 Å². The predicted octanol–water partition coefficient (Wildman–Crippen LogP) is 4.13. The molecule has 0 saturated heterocycles. The minimum atomic E-state index is 0.580. The first-order chi connectivity index (χ1) is 9.20. The van der Waals surface area contributed by atoms with Crippen molar-refractivity contribution in [3.63, 3.8) is 0 Å². The van der Waals surface area contributed by atoms with Gasteiger partial charge >= 0.3 is 0 Å². The van der Waals surface area contributed by atoms with E-state index in [1.807, 2.05) is 30.5 Å². The molecule has 0 aliphatic rings. The number of nitrogens with zero attached hydrogens (tertiary/aromatic N) is 2. The molecular weight excluding hydrogens is 280 g/mol. The molecule has 3 rings (SSSR count). The first-order valence-corrected chi connectivity index (χ1v) is 6.93. The Hall–Kier alpha value is -1.65. The number of benzene rings is 1. The molecule has 0 aliphatic heterocycles. The molecular formula is C14H10ClN2OS. The van der Waals surface area contributed by atoms with Gasteiger partial charge < -0.3 is 4.74 Å². The van der Waals surface area contributed by atoms with Crippen LogP contribution in [0.5, 0.6) is 5.75 Å². The van der Waals surface area contributed by atoms with E-state index in [1.165, 1.54) is 11.3 Å². The predicted molar refractivity (Wildman–Crippen MR) is 78.0 cm³/mol. The summed E-state index contributed by atoms with van der Waals surface area (Å²) >= 11 is 8.02. The Labute approximate surface area is 119 Å². The summed E-state index contributed by atoms with van der Waals surface area (Å²) in [4.78, 5) is 8.74. The Morgan fingerprint density at radius 3 is 2.89 bits per heavy atom. The number of aryl methyl sites for hydroxylation is 1. The van der Waals surface area contributed by atoms with Gasteiger partial charge in [0.25, 0.3) is 0 Å². The fraction of sp³-hybridized carbons (Fsp3) is 0.143. The van der Waals surface area contributed by atoms with Gasteiger partial charge in [0, 0.05) is 11.1 Å². The summed E-state index contributed by atoms with van der Waals surface area (Å²) in [7, 11) is 1.62. The Morgan fingerprint density at radius 1 is 1.37 bits per heavy atom. The second-order valence-electron chi connectivity index (χ2n) is 4.06. The van der Waals surface area contributed by atoms with Gasteiger partial charge in [0.05, 0.1) is 28.6 Å². The monoisotopic (exact) mass is 289 g/mol. The number of fused-ring (bicyclic) bond motifs is 1. The Kier molecular flexibility index (Phi) is 3.12. The zero-order valence-electron chi connectivity index (χ0n) is 10.4. The normalized spacial score (nSPS) is 10.9. The van der Waals surface area contributed by atoms with Crippen molar-refractivity contribution in [1.29, 1.82) is 0 Å². The molecule has 1 aromatic carbocycles. The third-order valence-corrected chi connectivity index (χ3v) is 4.14. The Bertz CT molecular complexity index is 754.